The van der Waals surface area contributed by atoms with E-state index in [1.807, 2.05) is 9.47 Å². The molecule has 0 saturated carbocycles. The zero-order valence-corrected chi connectivity index (χ0v) is 41.8. The van der Waals surface area contributed by atoms with Crippen molar-refractivity contribution in [2.24, 2.45) is 5.73 Å². The molecule has 0 saturated heterocycles. The number of alkyl halides is 12. The van der Waals surface area contributed by atoms with Crippen molar-refractivity contribution in [2.75, 3.05) is 6.54 Å². The summed E-state index contributed by atoms with van der Waals surface area (Å²) in [7, 11) is 3.70. The van der Waals surface area contributed by atoms with Crippen LogP contribution in [0.2, 0.25) is 0 Å². The van der Waals surface area contributed by atoms with Gasteiger partial charge in [0.2, 0.25) is 5.60 Å². The molecule has 0 aliphatic rings. The van der Waals surface area contributed by atoms with Gasteiger partial charge in [-0.3, -0.25) is 19.2 Å². The molecule has 0 aromatic carbocycles. The summed E-state index contributed by atoms with van der Waals surface area (Å²) in [5, 5.41) is 18.2. The van der Waals surface area contributed by atoms with E-state index in [2.05, 4.69) is 32.2 Å². The standard InChI is InChI=1S/C12H19F3O4.C8H17F3O2P2.C8H15F3O2.C4H3F3O3.C4H6O2.C3H9N/c1-5-10(18-8(3)16)7-11(6-2,12(13,14)15)19-9(4)17;1-3-6(12-14)5-7(4-2,13-15)8(9,10)11;1-3-6(12)5-7(13,4-2)8(9,10)11;1-2(8)10-3(9)4(5,6)7;1-3-6-4(2)5;1-2-3-4/h10H,5-7H2,1-4H3;6H,3-5,14-15H2,1-2H3;6,12-13H,3-5H2,1-2H3;1H3;3H,1H2,2H3;2-4H2,1H3. The lowest BCUT2D eigenvalue weighted by atomic mass is 9.91. The van der Waals surface area contributed by atoms with Gasteiger partial charge in [0.05, 0.1) is 18.5 Å². The number of hydrogen-bond donors (Lipinski definition) is 3. The van der Waals surface area contributed by atoms with E-state index >= 15 is 0 Å². The van der Waals surface area contributed by atoms with Gasteiger partial charge in [0.1, 0.15) is 6.10 Å². The predicted octanol–water partition coefficient (Wildman–Crippen LogP) is 10.0. The molecule has 0 aromatic rings. The summed E-state index contributed by atoms with van der Waals surface area (Å²) in [4.78, 5) is 51.0. The number of hydrogen-bond acceptors (Lipinski definition) is 14. The van der Waals surface area contributed by atoms with E-state index in [-0.39, 0.29) is 31.7 Å². The molecule has 402 valence electrons. The highest BCUT2D eigenvalue weighted by Crippen LogP contribution is 2.43. The summed E-state index contributed by atoms with van der Waals surface area (Å²) in [6.45, 7) is 19.0. The predicted molar refractivity (Wildman–Crippen MR) is 227 cm³/mol. The van der Waals surface area contributed by atoms with E-state index in [0.29, 0.717) is 13.3 Å². The molecule has 0 fully saturated rings. The molecule has 0 aromatic heterocycles. The molecule has 0 amide bonds. The van der Waals surface area contributed by atoms with Crippen LogP contribution in [0.5, 0.6) is 0 Å². The van der Waals surface area contributed by atoms with Crippen LogP contribution in [0.4, 0.5) is 52.7 Å². The smallest absolute Gasteiger partial charge is 0.462 e. The number of ether oxygens (including phenoxy) is 4. The lowest BCUT2D eigenvalue weighted by Gasteiger charge is -2.36. The molecule has 0 rings (SSSR count). The third kappa shape index (κ3) is 35.0. The van der Waals surface area contributed by atoms with Gasteiger partial charge in [0.15, 0.2) is 11.2 Å². The third-order valence-corrected chi connectivity index (χ3v) is 9.29. The van der Waals surface area contributed by atoms with Gasteiger partial charge in [-0.25, -0.2) is 4.79 Å². The number of aliphatic hydroxyl groups is 2. The van der Waals surface area contributed by atoms with Crippen LogP contribution < -0.4 is 5.73 Å². The van der Waals surface area contributed by atoms with Crippen LogP contribution in [0.1, 0.15) is 140 Å². The van der Waals surface area contributed by atoms with Gasteiger partial charge in [-0.05, 0) is 51.5 Å². The summed E-state index contributed by atoms with van der Waals surface area (Å²) < 4.78 is 174. The number of halogens is 12. The normalized spacial score (nSPS) is 15.3. The molecular formula is C39H69F12NO13P2. The molecule has 0 bridgehead atoms. The molecule has 8 unspecified atom stereocenters. The Morgan fingerprint density at radius 1 is 0.627 bits per heavy atom. The number of carbonyl (C=O) groups excluding carboxylic acids is 5. The van der Waals surface area contributed by atoms with Gasteiger partial charge in [-0.1, -0.05) is 55.0 Å². The maximum Gasteiger partial charge on any atom is 0.491 e. The lowest BCUT2D eigenvalue weighted by Crippen LogP contribution is -2.50. The van der Waals surface area contributed by atoms with Gasteiger partial charge >= 0.3 is 54.6 Å². The molecule has 14 nitrogen and oxygen atoms in total. The number of nitrogens with two attached hydrogens (primary N) is 1. The fourth-order valence-corrected chi connectivity index (χ4v) is 5.08. The Kier molecular flexibility index (Phi) is 41.8. The monoisotopic (exact) mass is 1050 g/mol. The average Bonchev–Trinajstić information content (AvgIpc) is 3.19. The second kappa shape index (κ2) is 37.0. The molecule has 0 aliphatic heterocycles. The Morgan fingerprint density at radius 2 is 1.04 bits per heavy atom. The number of carbonyl (C=O) groups is 5. The van der Waals surface area contributed by atoms with Crippen molar-refractivity contribution in [1.82, 2.24) is 0 Å². The number of esters is 5. The minimum atomic E-state index is -5.09. The van der Waals surface area contributed by atoms with E-state index in [1.165, 1.54) is 27.7 Å². The number of aliphatic hydroxyl groups excluding tert-OH is 1. The second-order valence-corrected chi connectivity index (χ2v) is 14.2. The van der Waals surface area contributed by atoms with Gasteiger partial charge in [0.25, 0.3) is 0 Å². The Bertz CT molecular complexity index is 1380. The van der Waals surface area contributed by atoms with Crippen molar-refractivity contribution in [1.29, 1.82) is 0 Å². The topological polar surface area (TPSA) is 207 Å². The van der Waals surface area contributed by atoms with E-state index in [1.54, 1.807) is 30.2 Å². The highest BCUT2D eigenvalue weighted by molar-refractivity contribution is 7.10. The minimum Gasteiger partial charge on any atom is -0.462 e. The van der Waals surface area contributed by atoms with Crippen molar-refractivity contribution >= 4 is 48.8 Å². The SMILES string of the molecule is C=COC(C)=O.CC(=O)OC(=O)C(F)(F)F.CCC(CC(CC)(OC(C)=O)C(F)(F)F)OC(C)=O.CCC(CC(CC)(OP)C(F)(F)F)OP.CCC(O)CC(O)(CC)C(F)(F)F.CCCN. The Balaban J connectivity index is -0.000000176. The Morgan fingerprint density at radius 3 is 1.22 bits per heavy atom. The first-order valence-electron chi connectivity index (χ1n) is 20.2. The molecule has 0 radical (unpaired) electrons. The van der Waals surface area contributed by atoms with Gasteiger partial charge in [-0.2, -0.15) is 52.7 Å². The van der Waals surface area contributed by atoms with E-state index in [4.69, 9.17) is 20.1 Å². The van der Waals surface area contributed by atoms with Crippen molar-refractivity contribution in [3.63, 3.8) is 0 Å². The van der Waals surface area contributed by atoms with Crippen molar-refractivity contribution in [2.45, 2.75) is 200 Å². The molecule has 0 heterocycles. The first-order chi connectivity index (χ1) is 30.2. The summed E-state index contributed by atoms with van der Waals surface area (Å²) in [6, 6.07) is 0. The summed E-state index contributed by atoms with van der Waals surface area (Å²) in [6.07, 6.45) is -20.7. The molecule has 28 heteroatoms. The second-order valence-electron chi connectivity index (χ2n) is 13.7. The van der Waals surface area contributed by atoms with Crippen molar-refractivity contribution < 1.29 is 115 Å². The summed E-state index contributed by atoms with van der Waals surface area (Å²) >= 11 is 0. The first-order valence-corrected chi connectivity index (χ1v) is 21.2. The zero-order chi connectivity index (χ0) is 54.8. The third-order valence-electron chi connectivity index (χ3n) is 8.45. The fraction of sp³-hybridized carbons (Fsp3) is 0.821. The van der Waals surface area contributed by atoms with Gasteiger partial charge in [0, 0.05) is 65.9 Å². The lowest BCUT2D eigenvalue weighted by molar-refractivity contribution is -0.278. The zero-order valence-electron chi connectivity index (χ0n) is 39.4. The Labute approximate surface area is 388 Å². The fourth-order valence-electron chi connectivity index (χ4n) is 4.39. The van der Waals surface area contributed by atoms with Crippen LogP contribution in [0.25, 0.3) is 0 Å². The van der Waals surface area contributed by atoms with Gasteiger partial charge < -0.3 is 43.9 Å². The molecule has 8 atom stereocenters. The van der Waals surface area contributed by atoms with Crippen LogP contribution in [-0.4, -0.2) is 106 Å². The maximum absolute atomic E-state index is 13.2. The molecule has 4 N–H and O–H groups in total. The molecule has 0 aliphatic carbocycles. The average molecular weight is 1050 g/mol. The van der Waals surface area contributed by atoms with Crippen LogP contribution in [0.15, 0.2) is 12.8 Å². The minimum absolute atomic E-state index is 0.134. The highest BCUT2D eigenvalue weighted by Gasteiger charge is 2.58. The van der Waals surface area contributed by atoms with Crippen LogP contribution in [0.3, 0.4) is 0 Å². The van der Waals surface area contributed by atoms with Crippen molar-refractivity contribution in [3.8, 4) is 0 Å². The largest absolute Gasteiger partial charge is 0.491 e. The molecule has 0 spiro atoms. The maximum atomic E-state index is 13.2. The quantitative estimate of drug-likeness (QED) is 0.0292. The summed E-state index contributed by atoms with van der Waals surface area (Å²) in [5.41, 5.74) is -2.47. The van der Waals surface area contributed by atoms with Crippen LogP contribution in [0, 0.1) is 0 Å². The van der Waals surface area contributed by atoms with E-state index in [9.17, 15) is 81.8 Å². The number of rotatable bonds is 18. The van der Waals surface area contributed by atoms with E-state index < -0.39 is 109 Å². The van der Waals surface area contributed by atoms with Gasteiger partial charge in [-0.15, -0.1) is 0 Å². The highest BCUT2D eigenvalue weighted by atomic mass is 31.0. The van der Waals surface area contributed by atoms with Crippen molar-refractivity contribution in [3.05, 3.63) is 12.8 Å². The Hall–Kier alpha value is -2.89. The molecular weight excluding hydrogens is 980 g/mol. The van der Waals surface area contributed by atoms with Crippen LogP contribution in [-0.2, 0) is 52.0 Å². The van der Waals surface area contributed by atoms with Crippen LogP contribution >= 0.6 is 18.9 Å². The summed E-state index contributed by atoms with van der Waals surface area (Å²) in [5.74, 6) is -5.77. The van der Waals surface area contributed by atoms with E-state index in [0.717, 1.165) is 33.1 Å². The molecule has 67 heavy (non-hydrogen) atoms. The first kappa shape index (κ1) is 75.6.